The summed E-state index contributed by atoms with van der Waals surface area (Å²) in [5.74, 6) is 2.26. The Kier molecular flexibility index (Phi) is 7.84. The summed E-state index contributed by atoms with van der Waals surface area (Å²) in [6.07, 6.45) is 2.52. The number of hydrogen-bond acceptors (Lipinski definition) is 2. The predicted molar refractivity (Wildman–Crippen MR) is 117 cm³/mol. The van der Waals surface area contributed by atoms with Gasteiger partial charge in [-0.1, -0.05) is 103 Å². The highest BCUT2D eigenvalue weighted by Gasteiger charge is 2.09. The first-order valence-corrected chi connectivity index (χ1v) is 10.7. The van der Waals surface area contributed by atoms with Crippen LogP contribution in [0.4, 0.5) is 4.79 Å². The standard InChI is InChI=1S/C24H24NO2P/c26-24(27-20-21-12-4-1-5-13-21)25-18-10-11-19-28(22-14-6-2-7-15-22)23-16-8-3-9-17-23/h1-9,11-17,19H,10,18,20H2,(H,25,26)/b19-11+. The summed E-state index contributed by atoms with van der Waals surface area (Å²) in [6.45, 7) is 0.840. The van der Waals surface area contributed by atoms with Gasteiger partial charge < -0.3 is 10.1 Å². The molecule has 0 saturated heterocycles. The fourth-order valence-electron chi connectivity index (χ4n) is 2.71. The highest BCUT2D eigenvalue weighted by Crippen LogP contribution is 2.34. The molecule has 0 aliphatic heterocycles. The number of rotatable bonds is 8. The van der Waals surface area contributed by atoms with E-state index in [-0.39, 0.29) is 12.7 Å². The van der Waals surface area contributed by atoms with Crippen LogP contribution in [-0.2, 0) is 11.3 Å². The van der Waals surface area contributed by atoms with Gasteiger partial charge in [-0.3, -0.25) is 0 Å². The molecular formula is C24H24NO2P. The normalized spacial score (nSPS) is 10.9. The number of hydrogen-bond donors (Lipinski definition) is 1. The topological polar surface area (TPSA) is 38.3 Å². The van der Waals surface area contributed by atoms with Crippen LogP contribution in [0.3, 0.4) is 0 Å². The Labute approximate surface area is 167 Å². The molecule has 0 radical (unpaired) electrons. The van der Waals surface area contributed by atoms with E-state index in [1.807, 2.05) is 42.5 Å². The maximum atomic E-state index is 11.8. The van der Waals surface area contributed by atoms with Crippen LogP contribution in [0.5, 0.6) is 0 Å². The van der Waals surface area contributed by atoms with Crippen molar-refractivity contribution in [2.75, 3.05) is 6.54 Å². The third kappa shape index (κ3) is 6.37. The number of benzene rings is 3. The number of nitrogens with one attached hydrogen (secondary N) is 1. The van der Waals surface area contributed by atoms with Gasteiger partial charge in [0.1, 0.15) is 6.61 Å². The Morgan fingerprint density at radius 2 is 1.36 bits per heavy atom. The lowest BCUT2D eigenvalue weighted by molar-refractivity contribution is 0.140. The molecule has 0 spiro atoms. The van der Waals surface area contributed by atoms with E-state index in [1.54, 1.807) is 0 Å². The van der Waals surface area contributed by atoms with E-state index in [1.165, 1.54) is 10.6 Å². The molecule has 0 aliphatic carbocycles. The minimum Gasteiger partial charge on any atom is -0.445 e. The molecule has 1 N–H and O–H groups in total. The van der Waals surface area contributed by atoms with Gasteiger partial charge in [0.2, 0.25) is 0 Å². The van der Waals surface area contributed by atoms with Gasteiger partial charge in [-0.05, 0) is 30.5 Å². The van der Waals surface area contributed by atoms with Crippen LogP contribution >= 0.6 is 7.92 Å². The molecule has 142 valence electrons. The summed E-state index contributed by atoms with van der Waals surface area (Å²) >= 11 is 0. The monoisotopic (exact) mass is 389 g/mol. The second-order valence-corrected chi connectivity index (χ2v) is 8.27. The van der Waals surface area contributed by atoms with Gasteiger partial charge >= 0.3 is 6.09 Å². The molecule has 0 fully saturated rings. The predicted octanol–water partition coefficient (Wildman–Crippen LogP) is 4.95. The molecule has 0 aliphatic rings. The van der Waals surface area contributed by atoms with Crippen LogP contribution < -0.4 is 15.9 Å². The van der Waals surface area contributed by atoms with Crippen LogP contribution in [-0.4, -0.2) is 12.6 Å². The van der Waals surface area contributed by atoms with Crippen LogP contribution in [0, 0.1) is 0 Å². The van der Waals surface area contributed by atoms with Gasteiger partial charge in [-0.25, -0.2) is 4.79 Å². The molecule has 3 rings (SSSR count). The third-order valence-electron chi connectivity index (χ3n) is 4.12. The maximum Gasteiger partial charge on any atom is 0.407 e. The Bertz CT molecular complexity index is 827. The van der Waals surface area contributed by atoms with Crippen molar-refractivity contribution in [2.24, 2.45) is 0 Å². The molecule has 0 atom stereocenters. The minimum absolute atomic E-state index is 0.288. The molecule has 1 amide bonds. The van der Waals surface area contributed by atoms with Crippen molar-refractivity contribution in [3.8, 4) is 0 Å². The smallest absolute Gasteiger partial charge is 0.407 e. The molecule has 0 unspecified atom stereocenters. The number of carbonyl (C=O) groups is 1. The summed E-state index contributed by atoms with van der Waals surface area (Å²) in [7, 11) is -0.544. The highest BCUT2D eigenvalue weighted by molar-refractivity contribution is 7.75. The van der Waals surface area contributed by atoms with E-state index in [9.17, 15) is 4.79 Å². The second kappa shape index (κ2) is 11.1. The van der Waals surface area contributed by atoms with E-state index in [2.05, 4.69) is 65.7 Å². The molecule has 28 heavy (non-hydrogen) atoms. The maximum absolute atomic E-state index is 11.8. The van der Waals surface area contributed by atoms with Gasteiger partial charge in [0, 0.05) is 6.54 Å². The van der Waals surface area contributed by atoms with Crippen molar-refractivity contribution in [1.82, 2.24) is 5.32 Å². The molecule has 0 saturated carbocycles. The van der Waals surface area contributed by atoms with Gasteiger partial charge in [0.25, 0.3) is 0 Å². The average Bonchev–Trinajstić information content (AvgIpc) is 2.77. The van der Waals surface area contributed by atoms with Crippen molar-refractivity contribution in [3.63, 3.8) is 0 Å². The fourth-order valence-corrected chi connectivity index (χ4v) is 4.70. The molecule has 0 aromatic heterocycles. The molecule has 3 nitrogen and oxygen atoms in total. The summed E-state index contributed by atoms with van der Waals surface area (Å²) in [5.41, 5.74) is 0.980. The number of alkyl carbamates (subject to hydrolysis) is 1. The third-order valence-corrected chi connectivity index (χ3v) is 6.33. The van der Waals surface area contributed by atoms with E-state index in [0.717, 1.165) is 12.0 Å². The zero-order valence-electron chi connectivity index (χ0n) is 15.7. The van der Waals surface area contributed by atoms with Crippen LogP contribution in [0.15, 0.2) is 103 Å². The zero-order valence-corrected chi connectivity index (χ0v) is 16.6. The zero-order chi connectivity index (χ0) is 19.4. The molecule has 4 heteroatoms. The van der Waals surface area contributed by atoms with Crippen LogP contribution in [0.25, 0.3) is 0 Å². The summed E-state index contributed by atoms with van der Waals surface area (Å²) in [5, 5.41) is 5.43. The fraction of sp³-hybridized carbons (Fsp3) is 0.125. The SMILES string of the molecule is O=C(NCC/C=C/P(c1ccccc1)c1ccccc1)OCc1ccccc1. The quantitative estimate of drug-likeness (QED) is 0.437. The summed E-state index contributed by atoms with van der Waals surface area (Å²) in [6, 6.07) is 30.7. The van der Waals surface area contributed by atoms with Crippen molar-refractivity contribution in [1.29, 1.82) is 0 Å². The lowest BCUT2D eigenvalue weighted by Crippen LogP contribution is -2.24. The number of amides is 1. The van der Waals surface area contributed by atoms with Crippen LogP contribution in [0.1, 0.15) is 12.0 Å². The van der Waals surface area contributed by atoms with Crippen LogP contribution in [0.2, 0.25) is 0 Å². The average molecular weight is 389 g/mol. The molecular weight excluding hydrogens is 365 g/mol. The van der Waals surface area contributed by atoms with Gasteiger partial charge in [0.05, 0.1) is 0 Å². The van der Waals surface area contributed by atoms with Crippen molar-refractivity contribution in [2.45, 2.75) is 13.0 Å². The van der Waals surface area contributed by atoms with Crippen molar-refractivity contribution >= 4 is 24.6 Å². The Balaban J connectivity index is 1.48. The molecule has 3 aromatic rings. The second-order valence-electron chi connectivity index (χ2n) is 6.20. The van der Waals surface area contributed by atoms with E-state index >= 15 is 0 Å². The van der Waals surface area contributed by atoms with E-state index < -0.39 is 7.92 Å². The lowest BCUT2D eigenvalue weighted by atomic mass is 10.2. The minimum atomic E-state index is -0.544. The molecule has 3 aromatic carbocycles. The molecule has 0 bridgehead atoms. The van der Waals surface area contributed by atoms with Gasteiger partial charge in [-0.2, -0.15) is 0 Å². The van der Waals surface area contributed by atoms with Crippen molar-refractivity contribution in [3.05, 3.63) is 108 Å². The Hall–Kier alpha value is -2.90. The Morgan fingerprint density at radius 1 is 0.821 bits per heavy atom. The van der Waals surface area contributed by atoms with E-state index in [4.69, 9.17) is 4.74 Å². The number of carbonyl (C=O) groups excluding carboxylic acids is 1. The first kappa shape index (κ1) is 19.9. The Morgan fingerprint density at radius 3 is 1.93 bits per heavy atom. The molecule has 0 heterocycles. The van der Waals surface area contributed by atoms with Gasteiger partial charge in [0.15, 0.2) is 0 Å². The summed E-state index contributed by atoms with van der Waals surface area (Å²) < 4.78 is 5.22. The van der Waals surface area contributed by atoms with E-state index in [0.29, 0.717) is 6.54 Å². The largest absolute Gasteiger partial charge is 0.445 e. The first-order valence-electron chi connectivity index (χ1n) is 9.33. The number of ether oxygens (including phenoxy) is 1. The first-order chi connectivity index (χ1) is 13.8. The highest BCUT2D eigenvalue weighted by atomic mass is 31.1. The summed E-state index contributed by atoms with van der Waals surface area (Å²) in [4.78, 5) is 11.8. The van der Waals surface area contributed by atoms with Crippen molar-refractivity contribution < 1.29 is 9.53 Å². The van der Waals surface area contributed by atoms with Gasteiger partial charge in [-0.15, -0.1) is 0 Å². The lowest BCUT2D eigenvalue weighted by Gasteiger charge is -2.14.